The first-order valence-electron chi connectivity index (χ1n) is 11.1. The number of pyridine rings is 1. The second-order valence-corrected chi connectivity index (χ2v) is 8.44. The third kappa shape index (κ3) is 6.13. The summed E-state index contributed by atoms with van der Waals surface area (Å²) in [5, 5.41) is 13.1. The van der Waals surface area contributed by atoms with Gasteiger partial charge in [-0.05, 0) is 42.7 Å². The molecule has 2 N–H and O–H groups in total. The summed E-state index contributed by atoms with van der Waals surface area (Å²) in [6.07, 6.45) is 2.99. The van der Waals surface area contributed by atoms with Crippen molar-refractivity contribution >= 4 is 11.8 Å². The van der Waals surface area contributed by atoms with Gasteiger partial charge in [-0.3, -0.25) is 14.6 Å². The van der Waals surface area contributed by atoms with Gasteiger partial charge in [0.1, 0.15) is 11.9 Å². The van der Waals surface area contributed by atoms with Crippen LogP contribution < -0.4 is 5.32 Å². The predicted molar refractivity (Wildman–Crippen MR) is 117 cm³/mol. The number of nitrogens with zero attached hydrogens (tertiary/aromatic N) is 2. The number of hydrogen-bond acceptors (Lipinski definition) is 6. The van der Waals surface area contributed by atoms with Crippen LogP contribution in [-0.4, -0.2) is 70.9 Å². The minimum atomic E-state index is -0.789. The maximum absolute atomic E-state index is 13.3. The van der Waals surface area contributed by atoms with Crippen LogP contribution >= 0.6 is 0 Å². The molecule has 2 aromatic rings. The zero-order valence-corrected chi connectivity index (χ0v) is 18.2. The van der Waals surface area contributed by atoms with Gasteiger partial charge in [0.25, 0.3) is 5.91 Å². The Labute approximate surface area is 191 Å². The number of rotatable bonds is 5. The molecule has 1 aromatic heterocycles. The zero-order chi connectivity index (χ0) is 23.2. The molecule has 2 amide bonds. The van der Waals surface area contributed by atoms with Gasteiger partial charge in [0.05, 0.1) is 37.9 Å². The molecule has 33 heavy (non-hydrogen) atoms. The number of β-amino-alcohol motifs (C(OH)–C–C–N with tert-alkyl or cyclic N) is 1. The van der Waals surface area contributed by atoms with E-state index in [0.717, 1.165) is 0 Å². The summed E-state index contributed by atoms with van der Waals surface area (Å²) in [6, 6.07) is 9.12. The number of benzene rings is 1. The van der Waals surface area contributed by atoms with Crippen molar-refractivity contribution < 1.29 is 28.6 Å². The van der Waals surface area contributed by atoms with Crippen LogP contribution in [0.5, 0.6) is 0 Å². The molecule has 2 aliphatic rings. The maximum Gasteiger partial charge on any atom is 0.254 e. The molecular formula is C24H28FN3O5. The lowest BCUT2D eigenvalue weighted by atomic mass is 9.94. The lowest BCUT2D eigenvalue weighted by Gasteiger charge is -2.44. The highest BCUT2D eigenvalue weighted by Crippen LogP contribution is 2.28. The predicted octanol–water partition coefficient (Wildman–Crippen LogP) is 1.68. The lowest BCUT2D eigenvalue weighted by molar-refractivity contribution is -0.151. The minimum absolute atomic E-state index is 0.103. The Morgan fingerprint density at radius 2 is 2.00 bits per heavy atom. The first-order chi connectivity index (χ1) is 16.0. The fraction of sp³-hybridized carbons (Fsp3) is 0.458. The molecule has 4 atom stereocenters. The first-order valence-corrected chi connectivity index (χ1v) is 11.1. The van der Waals surface area contributed by atoms with E-state index in [1.54, 1.807) is 41.6 Å². The van der Waals surface area contributed by atoms with Crippen LogP contribution in [0.3, 0.4) is 0 Å². The average molecular weight is 458 g/mol. The quantitative estimate of drug-likeness (QED) is 0.709. The molecule has 2 aliphatic heterocycles. The van der Waals surface area contributed by atoms with Crippen LogP contribution in [0.2, 0.25) is 0 Å². The highest BCUT2D eigenvalue weighted by molar-refractivity contribution is 5.94. The van der Waals surface area contributed by atoms with Crippen LogP contribution in [-0.2, 0) is 20.8 Å². The number of carbonyl (C=O) groups is 2. The number of aliphatic hydroxyl groups is 1. The normalized spacial score (nSPS) is 25.5. The van der Waals surface area contributed by atoms with E-state index >= 15 is 0 Å². The number of halogens is 1. The number of amides is 2. The Morgan fingerprint density at radius 3 is 2.79 bits per heavy atom. The fourth-order valence-corrected chi connectivity index (χ4v) is 4.36. The van der Waals surface area contributed by atoms with Gasteiger partial charge in [0.15, 0.2) is 0 Å². The summed E-state index contributed by atoms with van der Waals surface area (Å²) in [5.41, 5.74) is 1.18. The summed E-state index contributed by atoms with van der Waals surface area (Å²) in [6.45, 7) is 0.712. The monoisotopic (exact) mass is 457 g/mol. The summed E-state index contributed by atoms with van der Waals surface area (Å²) in [4.78, 5) is 31.2. The van der Waals surface area contributed by atoms with E-state index in [1.165, 1.54) is 12.1 Å². The van der Waals surface area contributed by atoms with Crippen molar-refractivity contribution in [1.29, 1.82) is 0 Å². The number of carbonyl (C=O) groups excluding carboxylic acids is 2. The third-order valence-corrected chi connectivity index (χ3v) is 5.96. The fourth-order valence-electron chi connectivity index (χ4n) is 4.36. The molecule has 0 saturated carbocycles. The van der Waals surface area contributed by atoms with Crippen molar-refractivity contribution in [3.63, 3.8) is 0 Å². The molecule has 0 unspecified atom stereocenters. The molecule has 2 saturated heterocycles. The number of fused-ring (bicyclic) bond motifs is 1. The molecule has 0 bridgehead atoms. The van der Waals surface area contributed by atoms with Crippen LogP contribution in [0, 0.1) is 5.82 Å². The van der Waals surface area contributed by atoms with Gasteiger partial charge in [0, 0.05) is 31.0 Å². The van der Waals surface area contributed by atoms with Crippen molar-refractivity contribution in [3.05, 3.63) is 65.7 Å². The van der Waals surface area contributed by atoms with Crippen molar-refractivity contribution in [3.8, 4) is 0 Å². The Morgan fingerprint density at radius 1 is 1.18 bits per heavy atom. The third-order valence-electron chi connectivity index (χ3n) is 5.96. The molecule has 2 fully saturated rings. The Kier molecular flexibility index (Phi) is 7.64. The molecule has 3 heterocycles. The van der Waals surface area contributed by atoms with Crippen LogP contribution in [0.1, 0.15) is 35.2 Å². The largest absolute Gasteiger partial charge is 0.389 e. The summed E-state index contributed by atoms with van der Waals surface area (Å²) >= 11 is 0. The Hall–Kier alpha value is -2.88. The van der Waals surface area contributed by atoms with Gasteiger partial charge >= 0.3 is 0 Å². The van der Waals surface area contributed by atoms with Gasteiger partial charge in [-0.15, -0.1) is 0 Å². The van der Waals surface area contributed by atoms with Gasteiger partial charge < -0.3 is 24.8 Å². The zero-order valence-electron chi connectivity index (χ0n) is 18.2. The lowest BCUT2D eigenvalue weighted by Crippen LogP contribution is -2.57. The summed E-state index contributed by atoms with van der Waals surface area (Å²) in [5.74, 6) is -0.721. The van der Waals surface area contributed by atoms with Gasteiger partial charge in [0.2, 0.25) is 5.91 Å². The number of ether oxygens (including phenoxy) is 2. The average Bonchev–Trinajstić information content (AvgIpc) is 2.81. The smallest absolute Gasteiger partial charge is 0.254 e. The first kappa shape index (κ1) is 23.3. The highest BCUT2D eigenvalue weighted by atomic mass is 19.1. The van der Waals surface area contributed by atoms with Crippen LogP contribution in [0.4, 0.5) is 4.39 Å². The van der Waals surface area contributed by atoms with Crippen molar-refractivity contribution in [2.75, 3.05) is 19.8 Å². The van der Waals surface area contributed by atoms with Gasteiger partial charge in [-0.2, -0.15) is 0 Å². The van der Waals surface area contributed by atoms with E-state index in [0.29, 0.717) is 24.0 Å². The molecule has 9 heteroatoms. The Bertz CT molecular complexity index is 960. The highest BCUT2D eigenvalue weighted by Gasteiger charge is 2.40. The molecular weight excluding hydrogens is 429 g/mol. The molecule has 1 aromatic carbocycles. The Balaban J connectivity index is 1.37. The number of nitrogens with one attached hydrogen (secondary N) is 1. The van der Waals surface area contributed by atoms with E-state index in [-0.39, 0.29) is 62.5 Å². The maximum atomic E-state index is 13.3. The van der Waals surface area contributed by atoms with Crippen molar-refractivity contribution in [2.45, 2.75) is 50.2 Å². The summed E-state index contributed by atoms with van der Waals surface area (Å²) in [7, 11) is 0. The van der Waals surface area contributed by atoms with E-state index in [9.17, 15) is 19.1 Å². The minimum Gasteiger partial charge on any atom is -0.389 e. The van der Waals surface area contributed by atoms with E-state index in [2.05, 4.69) is 10.3 Å². The van der Waals surface area contributed by atoms with Gasteiger partial charge in [-0.1, -0.05) is 12.1 Å². The standard InChI is InChI=1S/C24H28FN3O5/c25-18-3-1-2-16(10-18)12-27-23(30)11-20-4-5-21-22(33-20)15-32-14-19(29)13-28(21)24(31)17-6-8-26-9-7-17/h1-3,6-10,19-22,29H,4-5,11-15H2,(H,27,30)/t19-,20-,21+,22-/m1/s1. The molecule has 0 radical (unpaired) electrons. The topological polar surface area (TPSA) is 101 Å². The van der Waals surface area contributed by atoms with Crippen molar-refractivity contribution in [1.82, 2.24) is 15.2 Å². The number of hydrogen-bond donors (Lipinski definition) is 2. The van der Waals surface area contributed by atoms with E-state index in [4.69, 9.17) is 9.47 Å². The molecule has 8 nitrogen and oxygen atoms in total. The second-order valence-electron chi connectivity index (χ2n) is 8.44. The van der Waals surface area contributed by atoms with E-state index < -0.39 is 12.2 Å². The van der Waals surface area contributed by atoms with Crippen LogP contribution in [0.15, 0.2) is 48.8 Å². The molecule has 0 spiro atoms. The van der Waals surface area contributed by atoms with E-state index in [1.807, 2.05) is 0 Å². The molecule has 176 valence electrons. The number of aromatic nitrogens is 1. The van der Waals surface area contributed by atoms with Crippen molar-refractivity contribution in [2.24, 2.45) is 0 Å². The molecule has 4 rings (SSSR count). The number of aliphatic hydroxyl groups excluding tert-OH is 1. The summed E-state index contributed by atoms with van der Waals surface area (Å²) < 4.78 is 25.1. The SMILES string of the molecule is O=C(C[C@H]1CC[C@H]2[C@@H](COC[C@H](O)CN2C(=O)c2ccncc2)O1)NCc1cccc(F)c1. The van der Waals surface area contributed by atoms with Gasteiger partial charge in [-0.25, -0.2) is 4.39 Å². The van der Waals surface area contributed by atoms with Crippen LogP contribution in [0.25, 0.3) is 0 Å². The molecule has 0 aliphatic carbocycles. The second kappa shape index (κ2) is 10.8.